The van der Waals surface area contributed by atoms with Crippen LogP contribution >= 0.6 is 11.8 Å². The minimum Gasteiger partial charge on any atom is -0.347 e. The predicted octanol–water partition coefficient (Wildman–Crippen LogP) is 2.63. The van der Waals surface area contributed by atoms with Crippen molar-refractivity contribution in [3.05, 3.63) is 34.2 Å². The first-order chi connectivity index (χ1) is 11.8. The van der Waals surface area contributed by atoms with Gasteiger partial charge in [0.25, 0.3) is 11.5 Å². The molecule has 1 aromatic rings. The number of thioether (sulfide) groups is 1. The fourth-order valence-electron chi connectivity index (χ4n) is 2.71. The lowest BCUT2D eigenvalue weighted by atomic mass is 10.1. The van der Waals surface area contributed by atoms with Gasteiger partial charge in [-0.25, -0.2) is 10.3 Å². The lowest BCUT2D eigenvalue weighted by molar-refractivity contribution is -0.219. The van der Waals surface area contributed by atoms with Crippen molar-refractivity contribution < 1.29 is 14.4 Å². The molecule has 0 bridgehead atoms. The van der Waals surface area contributed by atoms with Gasteiger partial charge in [0.05, 0.1) is 10.9 Å². The molecule has 7 heteroatoms. The fourth-order valence-corrected chi connectivity index (χ4v) is 3.24. The molecule has 0 aliphatic carbocycles. The third kappa shape index (κ3) is 5.59. The highest BCUT2D eigenvalue weighted by atomic mass is 32.2. The molecule has 25 heavy (non-hydrogen) atoms. The van der Waals surface area contributed by atoms with Crippen LogP contribution in [0.4, 0.5) is 0 Å². The van der Waals surface area contributed by atoms with Crippen LogP contribution in [-0.4, -0.2) is 33.9 Å². The van der Waals surface area contributed by atoms with Gasteiger partial charge in [0.15, 0.2) is 6.29 Å². The number of carbonyl (C=O) groups is 1. The number of carbonyl (C=O) groups excluding carboxylic acids is 1. The van der Waals surface area contributed by atoms with E-state index in [-0.39, 0.29) is 17.6 Å². The van der Waals surface area contributed by atoms with Gasteiger partial charge in [-0.15, -0.1) is 11.8 Å². The SMILES string of the molecule is CSC(C)(CCn1ccc(C)cc1=O)C(=O)NOC1CCCC(C)O1. The van der Waals surface area contributed by atoms with E-state index < -0.39 is 11.0 Å². The summed E-state index contributed by atoms with van der Waals surface area (Å²) >= 11 is 1.45. The molecule has 1 aromatic heterocycles. The molecule has 1 aliphatic heterocycles. The monoisotopic (exact) mass is 368 g/mol. The summed E-state index contributed by atoms with van der Waals surface area (Å²) in [5.74, 6) is -0.206. The molecule has 2 rings (SSSR count). The zero-order valence-corrected chi connectivity index (χ0v) is 16.2. The second-order valence-corrected chi connectivity index (χ2v) is 8.09. The van der Waals surface area contributed by atoms with Gasteiger partial charge in [-0.1, -0.05) is 0 Å². The number of rotatable bonds is 7. The van der Waals surface area contributed by atoms with Gasteiger partial charge < -0.3 is 9.30 Å². The van der Waals surface area contributed by atoms with E-state index in [1.165, 1.54) is 11.8 Å². The Morgan fingerprint density at radius 1 is 1.52 bits per heavy atom. The van der Waals surface area contributed by atoms with Crippen LogP contribution in [0.2, 0.25) is 0 Å². The molecule has 2 heterocycles. The number of amides is 1. The molecule has 0 spiro atoms. The number of ether oxygens (including phenoxy) is 1. The first kappa shape index (κ1) is 20.0. The van der Waals surface area contributed by atoms with Gasteiger partial charge in [-0.2, -0.15) is 0 Å². The summed E-state index contributed by atoms with van der Waals surface area (Å²) in [5.41, 5.74) is 3.43. The molecule has 1 fully saturated rings. The highest BCUT2D eigenvalue weighted by Crippen LogP contribution is 2.27. The van der Waals surface area contributed by atoms with E-state index in [2.05, 4.69) is 5.48 Å². The van der Waals surface area contributed by atoms with E-state index in [0.29, 0.717) is 13.0 Å². The van der Waals surface area contributed by atoms with Gasteiger partial charge in [-0.3, -0.25) is 9.59 Å². The Morgan fingerprint density at radius 3 is 2.92 bits per heavy atom. The molecule has 1 amide bonds. The Bertz CT molecular complexity index is 648. The Balaban J connectivity index is 1.91. The lowest BCUT2D eigenvalue weighted by Crippen LogP contribution is -2.45. The first-order valence-corrected chi connectivity index (χ1v) is 9.90. The summed E-state index contributed by atoms with van der Waals surface area (Å²) in [6.45, 7) is 6.22. The van der Waals surface area contributed by atoms with Crippen molar-refractivity contribution >= 4 is 17.7 Å². The van der Waals surface area contributed by atoms with Crippen LogP contribution in [0, 0.1) is 6.92 Å². The summed E-state index contributed by atoms with van der Waals surface area (Å²) in [5, 5.41) is 0. The maximum absolute atomic E-state index is 12.6. The maximum Gasteiger partial charge on any atom is 0.259 e. The molecule has 0 radical (unpaired) electrons. The Hall–Kier alpha value is -1.31. The van der Waals surface area contributed by atoms with Crippen LogP contribution in [0.15, 0.2) is 23.1 Å². The van der Waals surface area contributed by atoms with Crippen molar-refractivity contribution in [2.24, 2.45) is 0 Å². The lowest BCUT2D eigenvalue weighted by Gasteiger charge is -2.30. The molecule has 0 saturated carbocycles. The summed E-state index contributed by atoms with van der Waals surface area (Å²) in [6.07, 6.45) is 6.75. The van der Waals surface area contributed by atoms with Crippen molar-refractivity contribution in [3.8, 4) is 0 Å². The normalized spacial score (nSPS) is 23.0. The van der Waals surface area contributed by atoms with Crippen LogP contribution in [0.1, 0.15) is 45.1 Å². The number of pyridine rings is 1. The highest BCUT2D eigenvalue weighted by molar-refractivity contribution is 8.00. The van der Waals surface area contributed by atoms with Crippen molar-refractivity contribution in [3.63, 3.8) is 0 Å². The standard InChI is InChI=1S/C18H28N2O4S/c1-13-8-10-20(15(21)12-13)11-9-18(3,25-4)17(22)19-24-16-7-5-6-14(2)23-16/h8,10,12,14,16H,5-7,9,11H2,1-4H3,(H,19,22). The summed E-state index contributed by atoms with van der Waals surface area (Å²) in [7, 11) is 0. The molecule has 1 saturated heterocycles. The van der Waals surface area contributed by atoms with Crippen molar-refractivity contribution in [2.45, 2.75) is 70.1 Å². The minimum atomic E-state index is -0.690. The largest absolute Gasteiger partial charge is 0.347 e. The van der Waals surface area contributed by atoms with E-state index in [9.17, 15) is 9.59 Å². The minimum absolute atomic E-state index is 0.0512. The third-order valence-corrected chi connectivity index (χ3v) is 5.92. The molecule has 6 nitrogen and oxygen atoms in total. The van der Waals surface area contributed by atoms with E-state index >= 15 is 0 Å². The number of nitrogens with zero attached hydrogens (tertiary/aromatic N) is 1. The molecular weight excluding hydrogens is 340 g/mol. The quantitative estimate of drug-likeness (QED) is 0.749. The molecule has 3 unspecified atom stereocenters. The van der Waals surface area contributed by atoms with E-state index in [4.69, 9.17) is 9.57 Å². The second kappa shape index (κ2) is 8.87. The van der Waals surface area contributed by atoms with Gasteiger partial charge in [-0.05, 0) is 57.9 Å². The van der Waals surface area contributed by atoms with Gasteiger partial charge in [0.1, 0.15) is 0 Å². The summed E-state index contributed by atoms with van der Waals surface area (Å²) < 4.78 is 6.59. The molecule has 1 N–H and O–H groups in total. The van der Waals surface area contributed by atoms with Crippen molar-refractivity contribution in [1.29, 1.82) is 0 Å². The van der Waals surface area contributed by atoms with Crippen LogP contribution in [0.5, 0.6) is 0 Å². The Labute approximate surface area is 153 Å². The second-order valence-electron chi connectivity index (χ2n) is 6.78. The molecule has 1 aliphatic rings. The number of hydroxylamine groups is 1. The number of hydrogen-bond acceptors (Lipinski definition) is 5. The van der Waals surface area contributed by atoms with E-state index in [0.717, 1.165) is 24.8 Å². The van der Waals surface area contributed by atoms with Gasteiger partial charge in [0.2, 0.25) is 0 Å². The van der Waals surface area contributed by atoms with Crippen LogP contribution in [0.3, 0.4) is 0 Å². The Kier molecular flexibility index (Phi) is 7.10. The summed E-state index contributed by atoms with van der Waals surface area (Å²) in [4.78, 5) is 30.0. The third-order valence-electron chi connectivity index (χ3n) is 4.63. The molecule has 0 aromatic carbocycles. The number of aryl methyl sites for hydroxylation is 2. The first-order valence-electron chi connectivity index (χ1n) is 8.68. The van der Waals surface area contributed by atoms with E-state index in [1.54, 1.807) is 16.8 Å². The van der Waals surface area contributed by atoms with Crippen LogP contribution in [0.25, 0.3) is 0 Å². The van der Waals surface area contributed by atoms with E-state index in [1.807, 2.05) is 33.1 Å². The zero-order valence-electron chi connectivity index (χ0n) is 15.4. The van der Waals surface area contributed by atoms with Gasteiger partial charge in [0, 0.05) is 25.2 Å². The maximum atomic E-state index is 12.6. The molecule has 140 valence electrons. The number of aromatic nitrogens is 1. The van der Waals surface area contributed by atoms with Crippen LogP contribution < -0.4 is 11.0 Å². The van der Waals surface area contributed by atoms with Gasteiger partial charge >= 0.3 is 0 Å². The molecular formula is C18H28N2O4S. The smallest absolute Gasteiger partial charge is 0.259 e. The zero-order chi connectivity index (χ0) is 18.4. The topological polar surface area (TPSA) is 69.6 Å². The van der Waals surface area contributed by atoms with Crippen molar-refractivity contribution in [2.75, 3.05) is 6.26 Å². The summed E-state index contributed by atoms with van der Waals surface area (Å²) in [6, 6.07) is 3.49. The highest BCUT2D eigenvalue weighted by Gasteiger charge is 2.33. The molecule has 3 atom stereocenters. The predicted molar refractivity (Wildman–Crippen MR) is 99.4 cm³/mol. The van der Waals surface area contributed by atoms with Crippen LogP contribution in [-0.2, 0) is 20.9 Å². The Morgan fingerprint density at radius 2 is 2.28 bits per heavy atom. The average molecular weight is 368 g/mol. The number of nitrogens with one attached hydrogen (secondary N) is 1. The average Bonchev–Trinajstić information content (AvgIpc) is 2.58. The fraction of sp³-hybridized carbons (Fsp3) is 0.667. The van der Waals surface area contributed by atoms with Crippen molar-refractivity contribution in [1.82, 2.24) is 10.0 Å². The number of hydrogen-bond donors (Lipinski definition) is 1.